The summed E-state index contributed by atoms with van der Waals surface area (Å²) in [5.74, 6) is -5.81. The lowest BCUT2D eigenvalue weighted by Crippen LogP contribution is -2.18. The van der Waals surface area contributed by atoms with Crippen molar-refractivity contribution in [3.8, 4) is 33.6 Å². The van der Waals surface area contributed by atoms with Crippen molar-refractivity contribution >= 4 is 60.7 Å². The van der Waals surface area contributed by atoms with Gasteiger partial charge in [-0.3, -0.25) is 0 Å². The first-order valence-electron chi connectivity index (χ1n) is 18.0. The quantitative estimate of drug-likeness (QED) is 0.130. The van der Waals surface area contributed by atoms with Crippen LogP contribution < -0.4 is 4.90 Å². The van der Waals surface area contributed by atoms with Crippen molar-refractivity contribution in [3.63, 3.8) is 0 Å². The highest BCUT2D eigenvalue weighted by Gasteiger charge is 2.30. The fraction of sp³-hybridized carbons (Fsp3) is 0. The van der Waals surface area contributed by atoms with Crippen LogP contribution in [0.5, 0.6) is 0 Å². The van der Waals surface area contributed by atoms with Crippen LogP contribution in [0.4, 0.5) is 34.6 Å². The maximum absolute atomic E-state index is 16.0. The van der Waals surface area contributed by atoms with Gasteiger partial charge in [-0.05, 0) is 71.8 Å². The summed E-state index contributed by atoms with van der Waals surface area (Å²) in [4.78, 5) is 2.10. The Labute approximate surface area is 312 Å². The summed E-state index contributed by atoms with van der Waals surface area (Å²) in [6.07, 6.45) is 0. The van der Waals surface area contributed by atoms with E-state index >= 15 is 17.6 Å². The van der Waals surface area contributed by atoms with Gasteiger partial charge < -0.3 is 14.0 Å². The number of anilines is 3. The zero-order valence-corrected chi connectivity index (χ0v) is 28.9. The fourth-order valence-electron chi connectivity index (χ4n) is 8.58. The molecule has 0 saturated carbocycles. The number of halogens is 4. The first-order chi connectivity index (χ1) is 27.0. The second kappa shape index (κ2) is 11.7. The van der Waals surface area contributed by atoms with E-state index in [9.17, 15) is 0 Å². The monoisotopic (exact) mass is 721 g/mol. The molecule has 0 bridgehead atoms. The van der Waals surface area contributed by atoms with Crippen LogP contribution in [0, 0.1) is 23.3 Å². The van der Waals surface area contributed by atoms with E-state index in [2.05, 4.69) is 38.3 Å². The molecule has 8 aromatic carbocycles. The molecule has 1 aliphatic rings. The van der Waals surface area contributed by atoms with Crippen molar-refractivity contribution < 1.29 is 17.6 Å². The van der Waals surface area contributed by atoms with Crippen LogP contribution >= 0.6 is 0 Å². The fourth-order valence-corrected chi connectivity index (χ4v) is 8.58. The highest BCUT2D eigenvalue weighted by atomic mass is 19.2. The van der Waals surface area contributed by atoms with Crippen LogP contribution in [0.2, 0.25) is 0 Å². The third kappa shape index (κ3) is 4.38. The molecule has 0 fully saturated rings. The molecule has 55 heavy (non-hydrogen) atoms. The van der Waals surface area contributed by atoms with Crippen LogP contribution in [0.15, 0.2) is 164 Å². The van der Waals surface area contributed by atoms with Crippen molar-refractivity contribution in [1.29, 1.82) is 0 Å². The van der Waals surface area contributed by atoms with Crippen LogP contribution in [-0.2, 0) is 0 Å². The summed E-state index contributed by atoms with van der Waals surface area (Å²) in [6.45, 7) is 0. The molecule has 3 nitrogen and oxygen atoms in total. The lowest BCUT2D eigenvalue weighted by Gasteiger charge is -2.33. The van der Waals surface area contributed by atoms with Gasteiger partial charge in [0.2, 0.25) is 0 Å². The Morgan fingerprint density at radius 3 is 1.25 bits per heavy atom. The zero-order chi connectivity index (χ0) is 36.9. The minimum atomic E-state index is -1.45. The zero-order valence-electron chi connectivity index (χ0n) is 28.9. The van der Waals surface area contributed by atoms with Gasteiger partial charge in [0.15, 0.2) is 23.3 Å². The Bertz CT molecular complexity index is 3110. The Morgan fingerprint density at radius 2 is 0.709 bits per heavy atom. The van der Waals surface area contributed by atoms with Gasteiger partial charge in [-0.1, -0.05) is 103 Å². The molecule has 1 aliphatic heterocycles. The van der Waals surface area contributed by atoms with E-state index in [0.29, 0.717) is 0 Å². The molecule has 0 amide bonds. The van der Waals surface area contributed by atoms with Gasteiger partial charge in [0.05, 0.1) is 50.3 Å². The molecular weight excluding hydrogens is 695 g/mol. The molecule has 0 N–H and O–H groups in total. The lowest BCUT2D eigenvalue weighted by molar-refractivity contribution is 0.463. The molecule has 0 aliphatic carbocycles. The van der Waals surface area contributed by atoms with Crippen LogP contribution in [-0.4, -0.2) is 9.13 Å². The predicted octanol–water partition coefficient (Wildman–Crippen LogP) is 13.6. The highest BCUT2D eigenvalue weighted by Crippen LogP contribution is 2.50. The second-order valence-corrected chi connectivity index (χ2v) is 13.8. The van der Waals surface area contributed by atoms with Crippen LogP contribution in [0.3, 0.4) is 0 Å². The molecule has 10 aromatic rings. The van der Waals surface area contributed by atoms with Crippen molar-refractivity contribution in [2.24, 2.45) is 0 Å². The molecule has 7 heteroatoms. The van der Waals surface area contributed by atoms with Crippen molar-refractivity contribution in [3.05, 3.63) is 187 Å². The van der Waals surface area contributed by atoms with E-state index in [0.717, 1.165) is 72.0 Å². The number of benzene rings is 8. The average molecular weight is 722 g/mol. The van der Waals surface area contributed by atoms with Crippen LogP contribution in [0.1, 0.15) is 0 Å². The smallest absolute Gasteiger partial charge is 0.170 e. The maximum atomic E-state index is 16.0. The minimum absolute atomic E-state index is 0.0161. The van der Waals surface area contributed by atoms with Gasteiger partial charge in [0, 0.05) is 32.9 Å². The standard InChI is InChI=1S/C48H27F4N3/c49-44-42(28-20-24-30(25-21-28)53-36-14-4-1-10-32(36)33-11-2-5-15-37(33)53)45(50)47(52)43(46(44)51)29-22-26-31(27-23-29)54-39-17-7-8-18-40(39)55-38-16-6-3-12-34(38)35-13-9-19-41(54)48(35)55/h1-27H. The summed E-state index contributed by atoms with van der Waals surface area (Å²) in [5, 5.41) is 4.35. The molecule has 11 rings (SSSR count). The number of rotatable bonds is 4. The Kier molecular flexibility index (Phi) is 6.68. The first kappa shape index (κ1) is 31.4. The summed E-state index contributed by atoms with van der Waals surface area (Å²) in [5.41, 5.74) is 6.88. The topological polar surface area (TPSA) is 13.1 Å². The van der Waals surface area contributed by atoms with Gasteiger partial charge in [0.25, 0.3) is 0 Å². The number of hydrogen-bond acceptors (Lipinski definition) is 1. The molecule has 0 saturated heterocycles. The minimum Gasteiger partial charge on any atom is -0.309 e. The lowest BCUT2D eigenvalue weighted by atomic mass is 9.96. The highest BCUT2D eigenvalue weighted by molar-refractivity contribution is 6.16. The van der Waals surface area contributed by atoms with Crippen molar-refractivity contribution in [1.82, 2.24) is 9.13 Å². The number of hydrogen-bond donors (Lipinski definition) is 0. The molecule has 0 spiro atoms. The van der Waals surface area contributed by atoms with Gasteiger partial charge in [-0.25, -0.2) is 17.6 Å². The Hall–Kier alpha value is -7.12. The van der Waals surface area contributed by atoms with Gasteiger partial charge in [0.1, 0.15) is 0 Å². The molecule has 262 valence electrons. The molecular formula is C48H27F4N3. The Balaban J connectivity index is 0.984. The van der Waals surface area contributed by atoms with E-state index < -0.39 is 34.4 Å². The van der Waals surface area contributed by atoms with E-state index in [1.54, 1.807) is 24.3 Å². The third-order valence-corrected chi connectivity index (χ3v) is 10.9. The average Bonchev–Trinajstić information content (AvgIpc) is 3.75. The summed E-state index contributed by atoms with van der Waals surface area (Å²) < 4.78 is 68.2. The summed E-state index contributed by atoms with van der Waals surface area (Å²) >= 11 is 0. The molecule has 3 heterocycles. The SMILES string of the molecule is Fc1c(F)c(-c2ccc(-n3c4ccccc4c4ccccc43)cc2)c(F)c(F)c1-c1ccc(N2c3ccccc3-n3c4ccccc4c4cccc2c43)cc1. The number of para-hydroxylation sites is 6. The van der Waals surface area contributed by atoms with E-state index in [4.69, 9.17) is 0 Å². The van der Waals surface area contributed by atoms with Gasteiger partial charge >= 0.3 is 0 Å². The maximum Gasteiger partial charge on any atom is 0.170 e. The summed E-state index contributed by atoms with van der Waals surface area (Å²) in [6, 6.07) is 51.3. The predicted molar refractivity (Wildman–Crippen MR) is 214 cm³/mol. The second-order valence-electron chi connectivity index (χ2n) is 13.8. The van der Waals surface area contributed by atoms with Crippen molar-refractivity contribution in [2.45, 2.75) is 0 Å². The van der Waals surface area contributed by atoms with Gasteiger partial charge in [-0.15, -0.1) is 0 Å². The molecule has 0 radical (unpaired) electrons. The largest absolute Gasteiger partial charge is 0.309 e. The van der Waals surface area contributed by atoms with E-state index in [-0.39, 0.29) is 11.1 Å². The summed E-state index contributed by atoms with van der Waals surface area (Å²) in [7, 11) is 0. The van der Waals surface area contributed by atoms with E-state index in [1.165, 1.54) is 24.3 Å². The van der Waals surface area contributed by atoms with Crippen LogP contribution in [0.25, 0.3) is 77.2 Å². The van der Waals surface area contributed by atoms with Gasteiger partial charge in [-0.2, -0.15) is 0 Å². The molecule has 0 unspecified atom stereocenters. The molecule has 2 aromatic heterocycles. The normalized spacial score (nSPS) is 12.3. The number of nitrogens with zero attached hydrogens (tertiary/aromatic N) is 3. The Morgan fingerprint density at radius 1 is 0.309 bits per heavy atom. The number of aromatic nitrogens is 2. The third-order valence-electron chi connectivity index (χ3n) is 10.9. The van der Waals surface area contributed by atoms with Crippen molar-refractivity contribution in [2.75, 3.05) is 4.90 Å². The first-order valence-corrected chi connectivity index (χ1v) is 18.0. The molecule has 0 atom stereocenters. The number of fused-ring (bicyclic) bond motifs is 8. The van der Waals surface area contributed by atoms with E-state index in [1.807, 2.05) is 91.0 Å².